The monoisotopic (exact) mass is 579 g/mol. The van der Waals surface area contributed by atoms with Crippen LogP contribution in [0.2, 0.25) is 0 Å². The lowest BCUT2D eigenvalue weighted by atomic mass is 9.86. The minimum absolute atomic E-state index is 0.107. The maximum Gasteiger partial charge on any atom is 0.309 e. The van der Waals surface area contributed by atoms with Gasteiger partial charge in [-0.05, 0) is 40.5 Å². The number of carbonyl (C=O) groups excluding carboxylic acids is 3. The van der Waals surface area contributed by atoms with Crippen LogP contribution in [-0.2, 0) is 47.1 Å². The number of rotatable bonds is 23. The zero-order valence-electron chi connectivity index (χ0n) is 25.1. The molecule has 0 saturated heterocycles. The van der Waals surface area contributed by atoms with Crippen LogP contribution in [0.1, 0.15) is 66.7 Å². The van der Waals surface area contributed by atoms with E-state index in [0.717, 1.165) is 6.42 Å². The summed E-state index contributed by atoms with van der Waals surface area (Å²) in [5, 5.41) is 0. The molecule has 0 heterocycles. The summed E-state index contributed by atoms with van der Waals surface area (Å²) in [7, 11) is 2.61. The lowest BCUT2D eigenvalue weighted by Crippen LogP contribution is -2.39. The van der Waals surface area contributed by atoms with Crippen LogP contribution in [-0.4, -0.2) is 95.6 Å². The molecule has 0 aromatic rings. The van der Waals surface area contributed by atoms with Gasteiger partial charge in [0.2, 0.25) is 0 Å². The van der Waals surface area contributed by atoms with Crippen molar-refractivity contribution in [3.05, 3.63) is 12.2 Å². The van der Waals surface area contributed by atoms with Gasteiger partial charge in [-0.3, -0.25) is 14.4 Å². The number of hydrogen-bond donors (Lipinski definition) is 0. The van der Waals surface area contributed by atoms with Crippen LogP contribution in [0.15, 0.2) is 12.2 Å². The van der Waals surface area contributed by atoms with Gasteiger partial charge in [-0.1, -0.05) is 19.1 Å². The first kappa shape index (κ1) is 37.4. The summed E-state index contributed by atoms with van der Waals surface area (Å²) in [5.41, 5.74) is -0.700. The predicted octanol–water partition coefficient (Wildman–Crippen LogP) is 4.43. The molecule has 11 nitrogen and oxygen atoms in total. The first-order valence-electron chi connectivity index (χ1n) is 13.4. The number of carbonyl (C=O) groups is 3. The van der Waals surface area contributed by atoms with Crippen LogP contribution in [0.4, 0.5) is 0 Å². The molecule has 0 aromatic heterocycles. The molecule has 0 radical (unpaired) electrons. The number of allylic oxidation sites excluding steroid dienone is 1. The van der Waals surface area contributed by atoms with E-state index in [0.29, 0.717) is 13.0 Å². The van der Waals surface area contributed by atoms with E-state index in [2.05, 4.69) is 32.4 Å². The molecule has 0 rings (SSSR count). The van der Waals surface area contributed by atoms with E-state index in [4.69, 9.17) is 32.7 Å². The third kappa shape index (κ3) is 16.9. The van der Waals surface area contributed by atoms with Crippen LogP contribution in [0.3, 0.4) is 0 Å². The predicted molar refractivity (Wildman–Crippen MR) is 149 cm³/mol. The van der Waals surface area contributed by atoms with E-state index >= 15 is 0 Å². The van der Waals surface area contributed by atoms with Crippen molar-refractivity contribution in [1.29, 1.82) is 0 Å². The van der Waals surface area contributed by atoms with E-state index in [9.17, 15) is 14.4 Å². The number of ether oxygens (including phenoxy) is 5. The Balaban J connectivity index is 5.93. The van der Waals surface area contributed by atoms with Crippen molar-refractivity contribution in [2.24, 2.45) is 5.41 Å². The minimum Gasteiger partial charge on any atom is -0.469 e. The molecule has 0 spiro atoms. The maximum absolute atomic E-state index is 11.6. The zero-order valence-corrected chi connectivity index (χ0v) is 26.0. The second-order valence-corrected chi connectivity index (χ2v) is 11.1. The largest absolute Gasteiger partial charge is 0.469 e. The van der Waals surface area contributed by atoms with Gasteiger partial charge < -0.3 is 32.7 Å². The quantitative estimate of drug-likeness (QED) is 0.0562. The van der Waals surface area contributed by atoms with E-state index < -0.39 is 13.9 Å². The average molecular weight is 580 g/mol. The second kappa shape index (κ2) is 22.1. The summed E-state index contributed by atoms with van der Waals surface area (Å²) in [6.07, 6.45) is 5.23. The first-order chi connectivity index (χ1) is 18.6. The molecule has 0 bridgehead atoms. The summed E-state index contributed by atoms with van der Waals surface area (Å²) in [4.78, 5) is 34.8. The van der Waals surface area contributed by atoms with Crippen molar-refractivity contribution in [2.75, 3.05) is 61.0 Å². The highest BCUT2D eigenvalue weighted by Gasteiger charge is 2.35. The number of nitrogens with zero attached hydrogens (tertiary/aromatic N) is 1. The lowest BCUT2D eigenvalue weighted by molar-refractivity contribution is -0.142. The summed E-state index contributed by atoms with van der Waals surface area (Å²) in [6, 6.07) is 0.380. The molecular formula is C27H50NO10P. The lowest BCUT2D eigenvalue weighted by Gasteiger charge is -2.39. The van der Waals surface area contributed by atoms with E-state index in [1.807, 2.05) is 13.0 Å². The number of esters is 3. The highest BCUT2D eigenvalue weighted by atomic mass is 31.2. The molecule has 1 unspecified atom stereocenters. The molecule has 0 aliphatic heterocycles. The summed E-state index contributed by atoms with van der Waals surface area (Å²) < 4.78 is 40.8. The van der Waals surface area contributed by atoms with Crippen LogP contribution >= 0.6 is 8.53 Å². The Morgan fingerprint density at radius 1 is 0.744 bits per heavy atom. The molecule has 12 heteroatoms. The first-order valence-corrected chi connectivity index (χ1v) is 14.5. The highest BCUT2D eigenvalue weighted by molar-refractivity contribution is 7.44. The topological polar surface area (TPSA) is 119 Å². The molecular weight excluding hydrogens is 529 g/mol. The fraction of sp³-hybridized carbons (Fsp3) is 0.815. The third-order valence-electron chi connectivity index (χ3n) is 5.54. The molecule has 0 aliphatic carbocycles. The van der Waals surface area contributed by atoms with E-state index in [1.165, 1.54) is 21.3 Å². The van der Waals surface area contributed by atoms with Gasteiger partial charge in [0.25, 0.3) is 8.53 Å². The molecule has 0 aromatic carbocycles. The van der Waals surface area contributed by atoms with Crippen molar-refractivity contribution in [3.8, 4) is 0 Å². The molecule has 39 heavy (non-hydrogen) atoms. The van der Waals surface area contributed by atoms with Crippen molar-refractivity contribution in [3.63, 3.8) is 0 Å². The highest BCUT2D eigenvalue weighted by Crippen LogP contribution is 2.47. The smallest absolute Gasteiger partial charge is 0.309 e. The van der Waals surface area contributed by atoms with Gasteiger partial charge in [0, 0.05) is 17.5 Å². The Morgan fingerprint density at radius 2 is 1.26 bits per heavy atom. The minimum atomic E-state index is -1.39. The summed E-state index contributed by atoms with van der Waals surface area (Å²) >= 11 is 0. The SMILES string of the molecule is CCCOP(OCC(C/C=C/CC(=O)OC)(COCCC(=O)OC)COCCC(=O)OC)N(C(C)C)C(C)C. The summed E-state index contributed by atoms with van der Waals surface area (Å²) in [6.45, 7) is 11.9. The maximum atomic E-state index is 11.6. The van der Waals surface area contributed by atoms with Crippen molar-refractivity contribution in [2.45, 2.75) is 78.8 Å². The van der Waals surface area contributed by atoms with Gasteiger partial charge in [-0.25, -0.2) is 4.67 Å². The standard InChI is InChI=1S/C27H50NO10P/c1-9-16-37-39(28(22(2)3)23(4)5)38-21-27(15-11-10-12-24(29)32-6,19-35-17-13-25(30)33-7)20-36-18-14-26(31)34-8/h10-11,22-23H,9,12-21H2,1-8H3/b11-10+. The molecule has 0 fully saturated rings. The Morgan fingerprint density at radius 3 is 1.69 bits per heavy atom. The molecule has 0 amide bonds. The van der Waals surface area contributed by atoms with Crippen LogP contribution in [0, 0.1) is 5.41 Å². The van der Waals surface area contributed by atoms with Gasteiger partial charge in [0.05, 0.1) is 80.2 Å². The zero-order chi connectivity index (χ0) is 29.7. The van der Waals surface area contributed by atoms with Gasteiger partial charge in [-0.2, -0.15) is 0 Å². The molecule has 0 aliphatic rings. The average Bonchev–Trinajstić information content (AvgIpc) is 2.91. The molecule has 0 N–H and O–H groups in total. The van der Waals surface area contributed by atoms with E-state index in [-0.39, 0.29) is 82.3 Å². The summed E-state index contributed by atoms with van der Waals surface area (Å²) in [5.74, 6) is -1.09. The van der Waals surface area contributed by atoms with Gasteiger partial charge in [-0.15, -0.1) is 0 Å². The molecule has 1 atom stereocenters. The van der Waals surface area contributed by atoms with Gasteiger partial charge >= 0.3 is 17.9 Å². The van der Waals surface area contributed by atoms with Crippen LogP contribution < -0.4 is 0 Å². The Kier molecular flexibility index (Phi) is 21.2. The fourth-order valence-electron chi connectivity index (χ4n) is 3.50. The Hall–Kier alpha value is -1.62. The van der Waals surface area contributed by atoms with E-state index in [1.54, 1.807) is 6.08 Å². The Labute approximate surface area is 235 Å². The van der Waals surface area contributed by atoms with Crippen molar-refractivity contribution < 1.29 is 47.1 Å². The number of methoxy groups -OCH3 is 3. The molecule has 228 valence electrons. The van der Waals surface area contributed by atoms with Crippen LogP contribution in [0.25, 0.3) is 0 Å². The third-order valence-corrected chi connectivity index (χ3v) is 7.59. The van der Waals surface area contributed by atoms with Gasteiger partial charge in [0.1, 0.15) is 0 Å². The fourth-order valence-corrected chi connectivity index (χ4v) is 5.31. The van der Waals surface area contributed by atoms with Crippen molar-refractivity contribution in [1.82, 2.24) is 4.67 Å². The second-order valence-electron chi connectivity index (χ2n) is 9.63. The normalized spacial score (nSPS) is 12.9. The molecule has 0 saturated carbocycles. The van der Waals surface area contributed by atoms with Gasteiger partial charge in [0.15, 0.2) is 0 Å². The number of hydrogen-bond acceptors (Lipinski definition) is 11. The Bertz CT molecular complexity index is 685. The van der Waals surface area contributed by atoms with Crippen LogP contribution in [0.5, 0.6) is 0 Å². The van der Waals surface area contributed by atoms with Crippen molar-refractivity contribution >= 4 is 26.4 Å².